The summed E-state index contributed by atoms with van der Waals surface area (Å²) in [5.74, 6) is -3.04. The summed E-state index contributed by atoms with van der Waals surface area (Å²) in [6.45, 7) is 3.17. The van der Waals surface area contributed by atoms with Crippen LogP contribution in [0.1, 0.15) is 18.1 Å². The number of hydrogen-bond acceptors (Lipinski definition) is 3. The Kier molecular flexibility index (Phi) is 6.46. The van der Waals surface area contributed by atoms with Gasteiger partial charge in [0.1, 0.15) is 11.6 Å². The monoisotopic (exact) mass is 379 g/mol. The van der Waals surface area contributed by atoms with Crippen molar-refractivity contribution in [3.8, 4) is 0 Å². The minimum Gasteiger partial charge on any atom is -0.449 e. The minimum atomic E-state index is -1.20. The first-order valence-corrected chi connectivity index (χ1v) is 8.05. The van der Waals surface area contributed by atoms with E-state index in [1.54, 1.807) is 18.2 Å². The molecule has 1 N–H and O–H groups in total. The average molecular weight is 380 g/mol. The number of rotatable bonds is 5. The highest BCUT2D eigenvalue weighted by Crippen LogP contribution is 2.18. The van der Waals surface area contributed by atoms with Gasteiger partial charge in [-0.25, -0.2) is 13.6 Å². The molecule has 0 bridgehead atoms. The van der Waals surface area contributed by atoms with Gasteiger partial charge in [0.05, 0.1) is 5.69 Å². The Hall–Kier alpha value is -2.73. The average Bonchev–Trinajstić information content (AvgIpc) is 2.59. The first-order valence-electron chi connectivity index (χ1n) is 7.67. The van der Waals surface area contributed by atoms with E-state index in [4.69, 9.17) is 16.3 Å². The van der Waals surface area contributed by atoms with Gasteiger partial charge in [0.15, 0.2) is 6.10 Å². The van der Waals surface area contributed by atoms with Crippen molar-refractivity contribution < 1.29 is 23.1 Å². The summed E-state index contributed by atoms with van der Waals surface area (Å²) in [4.78, 5) is 23.7. The van der Waals surface area contributed by atoms with Crippen molar-refractivity contribution in [2.75, 3.05) is 5.32 Å². The van der Waals surface area contributed by atoms with Crippen molar-refractivity contribution in [2.24, 2.45) is 0 Å². The molecule has 0 fully saturated rings. The molecule has 1 atom stereocenters. The van der Waals surface area contributed by atoms with Crippen LogP contribution in [0.3, 0.4) is 0 Å². The zero-order chi connectivity index (χ0) is 19.3. The first kappa shape index (κ1) is 19.6. The predicted molar refractivity (Wildman–Crippen MR) is 95.8 cm³/mol. The van der Waals surface area contributed by atoms with Crippen LogP contribution in [-0.4, -0.2) is 18.0 Å². The lowest BCUT2D eigenvalue weighted by Gasteiger charge is -2.13. The van der Waals surface area contributed by atoms with E-state index in [0.29, 0.717) is 10.6 Å². The molecule has 0 aliphatic heterocycles. The number of aryl methyl sites for hydroxylation is 1. The van der Waals surface area contributed by atoms with E-state index in [-0.39, 0.29) is 5.69 Å². The molecule has 0 radical (unpaired) electrons. The molecule has 0 spiro atoms. The summed E-state index contributed by atoms with van der Waals surface area (Å²) in [5, 5.41) is 2.73. The van der Waals surface area contributed by atoms with Crippen molar-refractivity contribution in [3.63, 3.8) is 0 Å². The number of anilines is 1. The van der Waals surface area contributed by atoms with Gasteiger partial charge in [-0.3, -0.25) is 4.79 Å². The number of benzene rings is 2. The third-order valence-corrected chi connectivity index (χ3v) is 3.86. The smallest absolute Gasteiger partial charge is 0.331 e. The van der Waals surface area contributed by atoms with Gasteiger partial charge in [-0.1, -0.05) is 23.7 Å². The van der Waals surface area contributed by atoms with Crippen molar-refractivity contribution in [3.05, 3.63) is 70.3 Å². The molecule has 2 rings (SSSR count). The topological polar surface area (TPSA) is 55.4 Å². The summed E-state index contributed by atoms with van der Waals surface area (Å²) in [7, 11) is 0. The van der Waals surface area contributed by atoms with Gasteiger partial charge in [-0.15, -0.1) is 0 Å². The summed E-state index contributed by atoms with van der Waals surface area (Å²) in [5.41, 5.74) is 1.26. The highest BCUT2D eigenvalue weighted by molar-refractivity contribution is 6.31. The van der Waals surface area contributed by atoms with Gasteiger partial charge in [-0.2, -0.15) is 0 Å². The lowest BCUT2D eigenvalue weighted by Crippen LogP contribution is -2.29. The molecule has 0 aromatic heterocycles. The van der Waals surface area contributed by atoms with E-state index in [1.807, 2.05) is 6.92 Å². The third kappa shape index (κ3) is 5.39. The van der Waals surface area contributed by atoms with Crippen LogP contribution in [0.25, 0.3) is 6.08 Å². The molecule has 4 nitrogen and oxygen atoms in total. The van der Waals surface area contributed by atoms with Gasteiger partial charge in [-0.05, 0) is 49.2 Å². The van der Waals surface area contributed by atoms with Crippen molar-refractivity contribution in [1.82, 2.24) is 0 Å². The Balaban J connectivity index is 1.95. The third-order valence-electron chi connectivity index (χ3n) is 3.46. The van der Waals surface area contributed by atoms with Crippen LogP contribution < -0.4 is 5.32 Å². The Morgan fingerprint density at radius 3 is 2.62 bits per heavy atom. The van der Waals surface area contributed by atoms with Gasteiger partial charge >= 0.3 is 5.97 Å². The molecular formula is C19H16ClF2NO3. The number of carbonyl (C=O) groups excluding carboxylic acids is 2. The first-order chi connectivity index (χ1) is 12.3. The molecule has 0 unspecified atom stereocenters. The van der Waals surface area contributed by atoms with Crippen LogP contribution in [0.2, 0.25) is 5.02 Å². The second-order valence-electron chi connectivity index (χ2n) is 5.53. The number of ether oxygens (including phenoxy) is 1. The Bertz CT molecular complexity index is 868. The molecule has 2 aromatic carbocycles. The maximum absolute atomic E-state index is 13.5. The molecule has 1 amide bonds. The summed E-state index contributed by atoms with van der Waals surface area (Å²) >= 11 is 6.00. The van der Waals surface area contributed by atoms with Crippen molar-refractivity contribution >= 4 is 35.2 Å². The fourth-order valence-corrected chi connectivity index (χ4v) is 2.16. The van der Waals surface area contributed by atoms with Gasteiger partial charge in [0.25, 0.3) is 5.91 Å². The van der Waals surface area contributed by atoms with E-state index >= 15 is 0 Å². The lowest BCUT2D eigenvalue weighted by molar-refractivity contribution is -0.148. The lowest BCUT2D eigenvalue weighted by atomic mass is 10.1. The molecule has 0 saturated carbocycles. The van der Waals surface area contributed by atoms with E-state index in [1.165, 1.54) is 13.0 Å². The molecular weight excluding hydrogens is 364 g/mol. The summed E-state index contributed by atoms with van der Waals surface area (Å²) in [6.07, 6.45) is 1.44. The highest BCUT2D eigenvalue weighted by atomic mass is 35.5. The van der Waals surface area contributed by atoms with Crippen LogP contribution in [-0.2, 0) is 14.3 Å². The normalized spacial score (nSPS) is 12.0. The predicted octanol–water partition coefficient (Wildman–Crippen LogP) is 4.51. The number of hydrogen-bond donors (Lipinski definition) is 1. The second kappa shape index (κ2) is 8.58. The number of esters is 1. The van der Waals surface area contributed by atoms with Crippen LogP contribution in [0.4, 0.5) is 14.5 Å². The fourth-order valence-electron chi connectivity index (χ4n) is 1.97. The van der Waals surface area contributed by atoms with E-state index in [2.05, 4.69) is 5.32 Å². The number of amides is 1. The van der Waals surface area contributed by atoms with Crippen molar-refractivity contribution in [2.45, 2.75) is 20.0 Å². The van der Waals surface area contributed by atoms with Crippen LogP contribution >= 0.6 is 11.6 Å². The fraction of sp³-hybridized carbons (Fsp3) is 0.158. The Labute approximate surface area is 154 Å². The van der Waals surface area contributed by atoms with Gasteiger partial charge < -0.3 is 10.1 Å². The van der Waals surface area contributed by atoms with E-state index in [0.717, 1.165) is 29.8 Å². The Morgan fingerprint density at radius 2 is 1.92 bits per heavy atom. The van der Waals surface area contributed by atoms with Crippen LogP contribution in [0.5, 0.6) is 0 Å². The quantitative estimate of drug-likeness (QED) is 0.614. The molecule has 26 heavy (non-hydrogen) atoms. The molecule has 0 aliphatic rings. The van der Waals surface area contributed by atoms with E-state index < -0.39 is 29.6 Å². The zero-order valence-electron chi connectivity index (χ0n) is 14.1. The summed E-state index contributed by atoms with van der Waals surface area (Å²) in [6, 6.07) is 7.91. The maximum Gasteiger partial charge on any atom is 0.331 e. The van der Waals surface area contributed by atoms with Gasteiger partial charge in [0.2, 0.25) is 0 Å². The largest absolute Gasteiger partial charge is 0.449 e. The minimum absolute atomic E-state index is 0.331. The SMILES string of the molecule is Cc1ccc(/C=C/C(=O)O[C@@H](C)C(=O)Nc2cc(F)ccc2F)cc1Cl. The van der Waals surface area contributed by atoms with Crippen molar-refractivity contribution in [1.29, 1.82) is 0 Å². The highest BCUT2D eigenvalue weighted by Gasteiger charge is 2.18. The van der Waals surface area contributed by atoms with Crippen LogP contribution in [0.15, 0.2) is 42.5 Å². The molecule has 7 heteroatoms. The molecule has 0 heterocycles. The Morgan fingerprint density at radius 1 is 1.19 bits per heavy atom. The zero-order valence-corrected chi connectivity index (χ0v) is 14.8. The molecule has 0 aliphatic carbocycles. The number of nitrogens with one attached hydrogen (secondary N) is 1. The van der Waals surface area contributed by atoms with Crippen LogP contribution in [0, 0.1) is 18.6 Å². The second-order valence-corrected chi connectivity index (χ2v) is 5.94. The number of halogens is 3. The van der Waals surface area contributed by atoms with E-state index in [9.17, 15) is 18.4 Å². The van der Waals surface area contributed by atoms with Gasteiger partial charge in [0, 0.05) is 17.2 Å². The number of carbonyl (C=O) groups is 2. The maximum atomic E-state index is 13.5. The molecule has 0 saturated heterocycles. The summed E-state index contributed by atoms with van der Waals surface area (Å²) < 4.78 is 31.6. The molecule has 2 aromatic rings. The molecule has 136 valence electrons. The standard InChI is InChI=1S/C19H16ClF2NO3/c1-11-3-4-13(9-15(11)20)5-8-18(24)26-12(2)19(25)23-17-10-14(21)6-7-16(17)22/h3-10,12H,1-2H3,(H,23,25)/b8-5+/t12-/m0/s1.